The Kier molecular flexibility index (Phi) is 3.54. The van der Waals surface area contributed by atoms with Gasteiger partial charge in [0.1, 0.15) is 5.69 Å². The Bertz CT molecular complexity index is 736. The lowest BCUT2D eigenvalue weighted by molar-refractivity contribution is -0.187. The molecule has 1 aromatic carbocycles. The van der Waals surface area contributed by atoms with Crippen LogP contribution >= 0.6 is 0 Å². The molecule has 1 aliphatic rings. The lowest BCUT2D eigenvalue weighted by Gasteiger charge is -2.18. The molecule has 8 heteroatoms. The highest BCUT2D eigenvalue weighted by Crippen LogP contribution is 2.38. The summed E-state index contributed by atoms with van der Waals surface area (Å²) in [6, 6.07) is 8.61. The third kappa shape index (κ3) is 2.76. The van der Waals surface area contributed by atoms with Gasteiger partial charge in [0.05, 0.1) is 11.8 Å². The zero-order valence-corrected chi connectivity index (χ0v) is 11.8. The third-order valence-corrected chi connectivity index (χ3v) is 4.11. The van der Waals surface area contributed by atoms with Crippen LogP contribution in [0.2, 0.25) is 0 Å². The van der Waals surface area contributed by atoms with Gasteiger partial charge in [0.15, 0.2) is 0 Å². The molecule has 1 aromatic heterocycles. The lowest BCUT2D eigenvalue weighted by atomic mass is 9.96. The average Bonchev–Trinajstić information content (AvgIpc) is 3.10. The second-order valence-electron chi connectivity index (χ2n) is 5.57. The number of likely N-dealkylation sites (tertiary alicyclic amines) is 1. The van der Waals surface area contributed by atoms with Crippen molar-refractivity contribution in [3.63, 3.8) is 0 Å². The number of hydrogen-bond donors (Lipinski definition) is 2. The van der Waals surface area contributed by atoms with Crippen molar-refractivity contribution < 1.29 is 27.9 Å². The Labute approximate surface area is 128 Å². The molecular weight excluding hydrogens is 313 g/mol. The number of aliphatic carboxylic acids is 1. The number of aromatic nitrogens is 1. The number of aromatic amines is 1. The number of carbonyl (C=O) groups excluding carboxylic acids is 1. The Balaban J connectivity index is 1.86. The lowest BCUT2D eigenvalue weighted by Crippen LogP contribution is -2.34. The normalized spacial score (nSPS) is 21.8. The van der Waals surface area contributed by atoms with E-state index in [1.807, 2.05) is 0 Å². The van der Waals surface area contributed by atoms with E-state index in [1.54, 1.807) is 30.3 Å². The van der Waals surface area contributed by atoms with Gasteiger partial charge in [0.2, 0.25) is 0 Å². The number of amides is 1. The van der Waals surface area contributed by atoms with Crippen LogP contribution in [0.25, 0.3) is 10.9 Å². The maximum absolute atomic E-state index is 13.0. The summed E-state index contributed by atoms with van der Waals surface area (Å²) in [5.41, 5.74) is 0.843. The van der Waals surface area contributed by atoms with Crippen LogP contribution in [-0.4, -0.2) is 46.1 Å². The fraction of sp³-hybridized carbons (Fsp3) is 0.333. The molecule has 0 spiro atoms. The molecule has 2 aromatic rings. The molecule has 2 N–H and O–H groups in total. The summed E-state index contributed by atoms with van der Waals surface area (Å²) < 4.78 is 38.9. The Morgan fingerprint density at radius 1 is 1.22 bits per heavy atom. The molecule has 1 aliphatic heterocycles. The van der Waals surface area contributed by atoms with E-state index in [1.165, 1.54) is 0 Å². The van der Waals surface area contributed by atoms with Crippen molar-refractivity contribution in [3.05, 3.63) is 36.0 Å². The van der Waals surface area contributed by atoms with Crippen molar-refractivity contribution in [1.82, 2.24) is 9.88 Å². The summed E-state index contributed by atoms with van der Waals surface area (Å²) in [6.07, 6.45) is -4.65. The van der Waals surface area contributed by atoms with Gasteiger partial charge in [0.25, 0.3) is 5.91 Å². The first-order valence-electron chi connectivity index (χ1n) is 6.94. The number of carboxylic acids is 1. The minimum absolute atomic E-state index is 0.151. The second kappa shape index (κ2) is 5.29. The summed E-state index contributed by atoms with van der Waals surface area (Å²) in [4.78, 5) is 27.2. The summed E-state index contributed by atoms with van der Waals surface area (Å²) in [5.74, 6) is -5.85. The largest absolute Gasteiger partial charge is 0.481 e. The number of nitrogens with one attached hydrogen (secondary N) is 1. The molecule has 0 radical (unpaired) electrons. The molecule has 0 aliphatic carbocycles. The van der Waals surface area contributed by atoms with Gasteiger partial charge in [-0.2, -0.15) is 13.2 Å². The second-order valence-corrected chi connectivity index (χ2v) is 5.57. The van der Waals surface area contributed by atoms with Gasteiger partial charge in [0, 0.05) is 24.0 Å². The molecule has 0 bridgehead atoms. The topological polar surface area (TPSA) is 73.4 Å². The zero-order valence-electron chi connectivity index (χ0n) is 11.8. The molecular formula is C15H13F3N2O3. The standard InChI is InChI=1S/C15H13F3N2O3/c16-15(17,18)10-7-20(6-9(10)14(22)23)13(21)12-5-8-3-1-2-4-11(8)19-12/h1-5,9-10,19H,6-7H2,(H,22,23)/t9-,10-/m1/s1. The highest BCUT2D eigenvalue weighted by molar-refractivity contribution is 5.98. The highest BCUT2D eigenvalue weighted by Gasteiger charge is 2.53. The Morgan fingerprint density at radius 3 is 2.48 bits per heavy atom. The number of carboxylic acid groups (broad SMARTS) is 1. The van der Waals surface area contributed by atoms with Crippen molar-refractivity contribution in [2.24, 2.45) is 11.8 Å². The van der Waals surface area contributed by atoms with Gasteiger partial charge in [-0.3, -0.25) is 9.59 Å². The van der Waals surface area contributed by atoms with Crippen molar-refractivity contribution in [2.45, 2.75) is 6.18 Å². The maximum Gasteiger partial charge on any atom is 0.394 e. The van der Waals surface area contributed by atoms with Crippen molar-refractivity contribution in [2.75, 3.05) is 13.1 Å². The summed E-state index contributed by atoms with van der Waals surface area (Å²) in [5, 5.41) is 9.75. The smallest absolute Gasteiger partial charge is 0.394 e. The quantitative estimate of drug-likeness (QED) is 0.890. The Morgan fingerprint density at radius 2 is 1.91 bits per heavy atom. The van der Waals surface area contributed by atoms with E-state index in [9.17, 15) is 22.8 Å². The van der Waals surface area contributed by atoms with Crippen LogP contribution in [0.5, 0.6) is 0 Å². The predicted octanol–water partition coefficient (Wildman–Crippen LogP) is 2.50. The molecule has 1 amide bonds. The van der Waals surface area contributed by atoms with E-state index in [-0.39, 0.29) is 5.69 Å². The van der Waals surface area contributed by atoms with Crippen LogP contribution in [-0.2, 0) is 4.79 Å². The molecule has 23 heavy (non-hydrogen) atoms. The summed E-state index contributed by atoms with van der Waals surface area (Å²) in [7, 11) is 0. The number of rotatable bonds is 2. The number of para-hydroxylation sites is 1. The first-order valence-corrected chi connectivity index (χ1v) is 6.94. The van der Waals surface area contributed by atoms with Crippen LogP contribution in [0.4, 0.5) is 13.2 Å². The first-order chi connectivity index (χ1) is 10.8. The number of carbonyl (C=O) groups is 2. The van der Waals surface area contributed by atoms with Crippen LogP contribution in [0, 0.1) is 11.8 Å². The average molecular weight is 326 g/mol. The van der Waals surface area contributed by atoms with Crippen LogP contribution < -0.4 is 0 Å². The van der Waals surface area contributed by atoms with Gasteiger partial charge in [-0.1, -0.05) is 18.2 Å². The number of fused-ring (bicyclic) bond motifs is 1. The van der Waals surface area contributed by atoms with E-state index >= 15 is 0 Å². The fourth-order valence-corrected chi connectivity index (χ4v) is 2.91. The summed E-state index contributed by atoms with van der Waals surface area (Å²) >= 11 is 0. The van der Waals surface area contributed by atoms with Gasteiger partial charge in [-0.15, -0.1) is 0 Å². The number of hydrogen-bond acceptors (Lipinski definition) is 2. The third-order valence-electron chi connectivity index (χ3n) is 4.11. The molecule has 3 rings (SSSR count). The molecule has 2 heterocycles. The SMILES string of the molecule is O=C(O)[C@@H]1CN(C(=O)c2cc3ccccc3[nH]2)C[C@H]1C(F)(F)F. The molecule has 0 saturated carbocycles. The van der Waals surface area contributed by atoms with Gasteiger partial charge in [-0.05, 0) is 12.1 Å². The number of nitrogens with zero attached hydrogens (tertiary/aromatic N) is 1. The van der Waals surface area contributed by atoms with Crippen molar-refractivity contribution in [1.29, 1.82) is 0 Å². The van der Waals surface area contributed by atoms with Gasteiger partial charge < -0.3 is 15.0 Å². The van der Waals surface area contributed by atoms with Gasteiger partial charge in [-0.25, -0.2) is 0 Å². The van der Waals surface area contributed by atoms with E-state index in [2.05, 4.69) is 4.98 Å². The van der Waals surface area contributed by atoms with Crippen LogP contribution in [0.3, 0.4) is 0 Å². The molecule has 5 nitrogen and oxygen atoms in total. The number of benzene rings is 1. The molecule has 1 saturated heterocycles. The molecule has 0 unspecified atom stereocenters. The van der Waals surface area contributed by atoms with E-state index in [4.69, 9.17) is 5.11 Å². The number of halogens is 3. The molecule has 2 atom stereocenters. The van der Waals surface area contributed by atoms with Crippen LogP contribution in [0.15, 0.2) is 30.3 Å². The van der Waals surface area contributed by atoms with Crippen molar-refractivity contribution in [3.8, 4) is 0 Å². The van der Waals surface area contributed by atoms with E-state index < -0.39 is 43.0 Å². The molecule has 1 fully saturated rings. The first kappa shape index (κ1) is 15.4. The van der Waals surface area contributed by atoms with Gasteiger partial charge >= 0.3 is 12.1 Å². The van der Waals surface area contributed by atoms with Crippen molar-refractivity contribution >= 4 is 22.8 Å². The number of H-pyrrole nitrogens is 1. The minimum atomic E-state index is -4.65. The number of alkyl halides is 3. The minimum Gasteiger partial charge on any atom is -0.481 e. The summed E-state index contributed by atoms with van der Waals surface area (Å²) in [6.45, 7) is -1.09. The predicted molar refractivity (Wildman–Crippen MR) is 74.9 cm³/mol. The zero-order chi connectivity index (χ0) is 16.8. The monoisotopic (exact) mass is 326 g/mol. The van der Waals surface area contributed by atoms with Crippen LogP contribution in [0.1, 0.15) is 10.5 Å². The fourth-order valence-electron chi connectivity index (χ4n) is 2.91. The highest BCUT2D eigenvalue weighted by atomic mass is 19.4. The molecule has 122 valence electrons. The maximum atomic E-state index is 13.0. The van der Waals surface area contributed by atoms with E-state index in [0.717, 1.165) is 10.3 Å². The van der Waals surface area contributed by atoms with E-state index in [0.29, 0.717) is 5.52 Å². The Hall–Kier alpha value is -2.51.